The van der Waals surface area contributed by atoms with Crippen LogP contribution in [0.2, 0.25) is 5.02 Å². The molecule has 1 aliphatic carbocycles. The molecule has 0 spiro atoms. The third kappa shape index (κ3) is 5.12. The topological polar surface area (TPSA) is 71.4 Å². The Morgan fingerprint density at radius 1 is 1.22 bits per heavy atom. The van der Waals surface area contributed by atoms with Crippen LogP contribution < -0.4 is 15.5 Å². The van der Waals surface area contributed by atoms with E-state index in [0.29, 0.717) is 21.9 Å². The first-order valence-electron chi connectivity index (χ1n) is 12.3. The Morgan fingerprint density at radius 3 is 2.78 bits per heavy atom. The summed E-state index contributed by atoms with van der Waals surface area (Å²) in [5.74, 6) is -0.261. The lowest BCUT2D eigenvalue weighted by Crippen LogP contribution is -2.29. The lowest BCUT2D eigenvalue weighted by atomic mass is 9.95. The summed E-state index contributed by atoms with van der Waals surface area (Å²) in [4.78, 5) is 18.7. The fourth-order valence-corrected chi connectivity index (χ4v) is 5.82. The van der Waals surface area contributed by atoms with E-state index in [0.717, 1.165) is 16.9 Å². The van der Waals surface area contributed by atoms with E-state index in [1.165, 1.54) is 39.2 Å². The number of hydrogen-bond donors (Lipinski definition) is 2. The maximum absolute atomic E-state index is 12.0. The average Bonchev–Trinajstić information content (AvgIpc) is 3.51. The highest BCUT2D eigenvalue weighted by molar-refractivity contribution is 7.80. The van der Waals surface area contributed by atoms with E-state index in [1.54, 1.807) is 12.3 Å². The van der Waals surface area contributed by atoms with Crippen LogP contribution in [-0.4, -0.2) is 34.3 Å². The van der Waals surface area contributed by atoms with Crippen LogP contribution in [0.1, 0.15) is 61.5 Å². The highest BCUT2D eigenvalue weighted by atomic mass is 35.5. The second-order valence-corrected chi connectivity index (χ2v) is 10.1. The molecule has 7 nitrogen and oxygen atoms in total. The Kier molecular flexibility index (Phi) is 7.55. The highest BCUT2D eigenvalue weighted by Gasteiger charge is 2.41. The Bertz CT molecular complexity index is 1230. The number of thiocarbonyl (C=S) groups is 1. The molecule has 36 heavy (non-hydrogen) atoms. The summed E-state index contributed by atoms with van der Waals surface area (Å²) in [6.07, 6.45) is 12.6. The van der Waals surface area contributed by atoms with Gasteiger partial charge in [-0.25, -0.2) is 0 Å². The van der Waals surface area contributed by atoms with Gasteiger partial charge in [0.1, 0.15) is 6.61 Å². The normalized spacial score (nSPS) is 20.4. The van der Waals surface area contributed by atoms with Gasteiger partial charge in [-0.15, -0.1) is 0 Å². The zero-order chi connectivity index (χ0) is 25.1. The van der Waals surface area contributed by atoms with Gasteiger partial charge in [0.15, 0.2) is 5.11 Å². The average molecular weight is 524 g/mol. The third-order valence-corrected chi connectivity index (χ3v) is 7.58. The molecule has 1 aliphatic heterocycles. The van der Waals surface area contributed by atoms with E-state index >= 15 is 0 Å². The fourth-order valence-electron chi connectivity index (χ4n) is 5.26. The number of pyridine rings is 1. The van der Waals surface area contributed by atoms with Gasteiger partial charge in [0.25, 0.3) is 0 Å². The number of nitrogens with one attached hydrogen (secondary N) is 2. The predicted molar refractivity (Wildman–Crippen MR) is 146 cm³/mol. The predicted octanol–water partition coefficient (Wildman–Crippen LogP) is 5.80. The second kappa shape index (κ2) is 11.0. The van der Waals surface area contributed by atoms with Gasteiger partial charge in [-0.3, -0.25) is 9.78 Å². The van der Waals surface area contributed by atoms with Crippen molar-refractivity contribution >= 4 is 46.2 Å². The fraction of sp³-hybridized carbons (Fsp3) is 0.370. The number of halogens is 1. The van der Waals surface area contributed by atoms with Gasteiger partial charge >= 0.3 is 0 Å². The molecule has 188 valence electrons. The molecule has 1 aromatic carbocycles. The van der Waals surface area contributed by atoms with Gasteiger partial charge < -0.3 is 24.8 Å². The van der Waals surface area contributed by atoms with Crippen LogP contribution in [0, 0.1) is 0 Å². The van der Waals surface area contributed by atoms with Crippen LogP contribution in [0.25, 0.3) is 0 Å². The molecule has 1 saturated heterocycles. The first-order valence-corrected chi connectivity index (χ1v) is 13.1. The summed E-state index contributed by atoms with van der Waals surface area (Å²) in [7, 11) is 1.48. The molecule has 3 heterocycles. The van der Waals surface area contributed by atoms with Crippen molar-refractivity contribution in [2.45, 2.75) is 50.2 Å². The van der Waals surface area contributed by atoms with Gasteiger partial charge in [0, 0.05) is 37.4 Å². The number of aromatic nitrogens is 2. The molecule has 0 radical (unpaired) electrons. The van der Waals surface area contributed by atoms with Crippen LogP contribution in [0.15, 0.2) is 61.1 Å². The van der Waals surface area contributed by atoms with Gasteiger partial charge in [-0.05, 0) is 67.0 Å². The maximum Gasteiger partial charge on any atom is 0.250 e. The largest absolute Gasteiger partial charge is 0.375 e. The monoisotopic (exact) mass is 523 g/mol. The maximum atomic E-state index is 12.0. The van der Waals surface area contributed by atoms with Crippen molar-refractivity contribution < 1.29 is 9.53 Å². The molecular weight excluding hydrogens is 494 g/mol. The van der Waals surface area contributed by atoms with Gasteiger partial charge in [0.2, 0.25) is 5.91 Å². The van der Waals surface area contributed by atoms with Gasteiger partial charge in [-0.2, -0.15) is 0 Å². The molecule has 1 saturated carbocycles. The minimum Gasteiger partial charge on any atom is -0.375 e. The minimum absolute atomic E-state index is 0.0377. The van der Waals surface area contributed by atoms with E-state index in [1.807, 2.05) is 30.3 Å². The first-order chi connectivity index (χ1) is 17.5. The van der Waals surface area contributed by atoms with Crippen LogP contribution in [0.5, 0.6) is 0 Å². The smallest absolute Gasteiger partial charge is 0.250 e. The quantitative estimate of drug-likeness (QED) is 0.381. The van der Waals surface area contributed by atoms with Crippen LogP contribution >= 0.6 is 23.8 Å². The molecule has 3 aromatic rings. The molecule has 2 atom stereocenters. The summed E-state index contributed by atoms with van der Waals surface area (Å²) < 4.78 is 7.27. The van der Waals surface area contributed by atoms with Crippen molar-refractivity contribution in [2.75, 3.05) is 23.9 Å². The SMILES string of the molecule is COCC(=O)Nc1ccc(N2C(=S)N[C@H](c3ccccn3)[C@H]2c2ccn(C3CCCCC3)c2)cc1Cl. The van der Waals surface area contributed by atoms with Crippen LogP contribution in [0.3, 0.4) is 0 Å². The molecule has 2 N–H and O–H groups in total. The molecular formula is C27H30ClN5O2S. The van der Waals surface area contributed by atoms with E-state index in [2.05, 4.69) is 43.5 Å². The molecule has 1 amide bonds. The molecule has 0 bridgehead atoms. The Balaban J connectivity index is 1.50. The highest BCUT2D eigenvalue weighted by Crippen LogP contribution is 2.43. The second-order valence-electron chi connectivity index (χ2n) is 9.33. The number of ether oxygens (including phenoxy) is 1. The number of hydrogen-bond acceptors (Lipinski definition) is 4. The van der Waals surface area contributed by atoms with Crippen LogP contribution in [-0.2, 0) is 9.53 Å². The van der Waals surface area contributed by atoms with Crippen molar-refractivity contribution in [3.8, 4) is 0 Å². The molecule has 2 aliphatic rings. The molecule has 2 aromatic heterocycles. The van der Waals surface area contributed by atoms with Gasteiger partial charge in [0.05, 0.1) is 28.5 Å². The molecule has 0 unspecified atom stereocenters. The number of benzene rings is 1. The van der Waals surface area contributed by atoms with E-state index in [-0.39, 0.29) is 24.6 Å². The van der Waals surface area contributed by atoms with Crippen molar-refractivity contribution in [1.82, 2.24) is 14.9 Å². The standard InChI is InChI=1S/C27H30ClN5O2S/c1-35-17-24(34)30-22-11-10-20(15-21(22)28)33-26(25(31-27(33)36)23-9-5-6-13-29-23)18-12-14-32(16-18)19-7-3-2-4-8-19/h5-6,9-16,19,25-26H,2-4,7-8,17H2,1H3,(H,30,34)(H,31,36)/t25-,26-/m1/s1. The summed E-state index contributed by atoms with van der Waals surface area (Å²) in [6, 6.07) is 14.0. The molecule has 5 rings (SSSR count). The number of rotatable bonds is 7. The zero-order valence-electron chi connectivity index (χ0n) is 20.2. The summed E-state index contributed by atoms with van der Waals surface area (Å²) >= 11 is 12.4. The number of amides is 1. The Labute approximate surface area is 221 Å². The Morgan fingerprint density at radius 2 is 2.06 bits per heavy atom. The van der Waals surface area contributed by atoms with E-state index in [4.69, 9.17) is 28.6 Å². The van der Waals surface area contributed by atoms with E-state index < -0.39 is 0 Å². The number of anilines is 2. The van der Waals surface area contributed by atoms with Crippen molar-refractivity contribution in [2.24, 2.45) is 0 Å². The summed E-state index contributed by atoms with van der Waals surface area (Å²) in [5.41, 5.74) is 3.46. The lowest BCUT2D eigenvalue weighted by molar-refractivity contribution is -0.119. The summed E-state index contributed by atoms with van der Waals surface area (Å²) in [5, 5.41) is 7.31. The molecule has 2 fully saturated rings. The van der Waals surface area contributed by atoms with Crippen molar-refractivity contribution in [3.63, 3.8) is 0 Å². The number of carbonyl (C=O) groups is 1. The number of methoxy groups -OCH3 is 1. The van der Waals surface area contributed by atoms with Crippen molar-refractivity contribution in [3.05, 3.63) is 77.3 Å². The first kappa shape index (κ1) is 24.7. The van der Waals surface area contributed by atoms with E-state index in [9.17, 15) is 4.79 Å². The van der Waals surface area contributed by atoms with Crippen molar-refractivity contribution in [1.29, 1.82) is 0 Å². The lowest BCUT2D eigenvalue weighted by Gasteiger charge is -2.28. The number of carbonyl (C=O) groups excluding carboxylic acids is 1. The minimum atomic E-state index is -0.261. The van der Waals surface area contributed by atoms with Gasteiger partial charge in [-0.1, -0.05) is 36.9 Å². The molecule has 9 heteroatoms. The Hall–Kier alpha value is -2.94. The zero-order valence-corrected chi connectivity index (χ0v) is 21.8. The summed E-state index contributed by atoms with van der Waals surface area (Å²) in [6.45, 7) is -0.0377. The number of nitrogens with zero attached hydrogens (tertiary/aromatic N) is 3. The van der Waals surface area contributed by atoms with Crippen LogP contribution in [0.4, 0.5) is 11.4 Å². The third-order valence-electron chi connectivity index (χ3n) is 6.95.